The first kappa shape index (κ1) is 12.4. The summed E-state index contributed by atoms with van der Waals surface area (Å²) in [7, 11) is 1.63. The second-order valence-electron chi connectivity index (χ2n) is 4.65. The Morgan fingerprint density at radius 2 is 1.94 bits per heavy atom. The van der Waals surface area contributed by atoms with Crippen molar-refractivity contribution < 1.29 is 0 Å². The molecule has 4 heteroatoms. The van der Waals surface area contributed by atoms with Crippen molar-refractivity contribution in [2.45, 2.75) is 19.8 Å². The Morgan fingerprint density at radius 3 is 2.61 bits per heavy atom. The number of benzene rings is 1. The number of nitrogens with two attached hydrogens (primary N) is 1. The van der Waals surface area contributed by atoms with Crippen LogP contribution in [0.2, 0.25) is 0 Å². The Bertz CT molecular complexity index is 629. The average Bonchev–Trinajstić information content (AvgIpc) is 2.34. The van der Waals surface area contributed by atoms with E-state index in [4.69, 9.17) is 5.73 Å². The zero-order valence-corrected chi connectivity index (χ0v) is 10.8. The monoisotopic (exact) mass is 243 g/mol. The second kappa shape index (κ2) is 4.64. The molecule has 0 unspecified atom stereocenters. The van der Waals surface area contributed by atoms with E-state index in [2.05, 4.69) is 25.0 Å². The fraction of sp³-hybridized carbons (Fsp3) is 0.286. The number of nitrogens with zero attached hydrogens (tertiary/aromatic N) is 2. The highest BCUT2D eigenvalue weighted by Gasteiger charge is 2.13. The lowest BCUT2D eigenvalue weighted by atomic mass is 9.95. The first-order chi connectivity index (χ1) is 8.50. The van der Waals surface area contributed by atoms with E-state index < -0.39 is 0 Å². The Hall–Kier alpha value is -2.10. The van der Waals surface area contributed by atoms with Gasteiger partial charge in [0.25, 0.3) is 5.56 Å². The van der Waals surface area contributed by atoms with Crippen LogP contribution in [-0.4, -0.2) is 9.78 Å². The molecule has 94 valence electrons. The van der Waals surface area contributed by atoms with Crippen LogP contribution in [0, 0.1) is 0 Å². The summed E-state index contributed by atoms with van der Waals surface area (Å²) in [6.07, 6.45) is 0. The van der Waals surface area contributed by atoms with Gasteiger partial charge in [0.1, 0.15) is 5.69 Å². The van der Waals surface area contributed by atoms with E-state index in [1.165, 1.54) is 16.3 Å². The van der Waals surface area contributed by atoms with Crippen LogP contribution < -0.4 is 11.3 Å². The first-order valence-corrected chi connectivity index (χ1v) is 5.94. The van der Waals surface area contributed by atoms with Crippen molar-refractivity contribution in [3.63, 3.8) is 0 Å². The van der Waals surface area contributed by atoms with Crippen LogP contribution in [0.4, 0.5) is 5.69 Å². The summed E-state index contributed by atoms with van der Waals surface area (Å²) in [5, 5.41) is 4.26. The Labute approximate surface area is 106 Å². The summed E-state index contributed by atoms with van der Waals surface area (Å²) in [6.45, 7) is 4.24. The summed E-state index contributed by atoms with van der Waals surface area (Å²) < 4.78 is 1.31. The van der Waals surface area contributed by atoms with E-state index in [9.17, 15) is 4.79 Å². The molecule has 2 aromatic rings. The van der Waals surface area contributed by atoms with E-state index >= 15 is 0 Å². The molecule has 2 rings (SSSR count). The second-order valence-corrected chi connectivity index (χ2v) is 4.65. The van der Waals surface area contributed by atoms with Crippen LogP contribution >= 0.6 is 0 Å². The molecule has 4 nitrogen and oxygen atoms in total. The van der Waals surface area contributed by atoms with E-state index in [0.717, 1.165) is 5.56 Å². The van der Waals surface area contributed by atoms with Gasteiger partial charge in [-0.25, -0.2) is 4.68 Å². The molecule has 0 aliphatic carbocycles. The summed E-state index contributed by atoms with van der Waals surface area (Å²) in [6, 6.07) is 9.41. The number of hydrogen-bond donors (Lipinski definition) is 1. The highest BCUT2D eigenvalue weighted by molar-refractivity contribution is 5.74. The van der Waals surface area contributed by atoms with Crippen LogP contribution in [0.3, 0.4) is 0 Å². The maximum atomic E-state index is 11.5. The summed E-state index contributed by atoms with van der Waals surface area (Å²) in [5.74, 6) is 0.375. The number of nitrogen functional groups attached to an aromatic ring is 1. The third-order valence-corrected chi connectivity index (χ3v) is 2.96. The number of rotatable bonds is 2. The molecule has 0 amide bonds. The standard InChI is InChI=1S/C14H17N3O/c1-9(2)10-6-4-5-7-11(10)14-12(15)8-13(18)17(3)16-14/h4-9H,15H2,1-3H3. The van der Waals surface area contributed by atoms with Gasteiger partial charge in [-0.05, 0) is 11.5 Å². The molecule has 0 saturated carbocycles. The van der Waals surface area contributed by atoms with Crippen LogP contribution in [0.15, 0.2) is 35.1 Å². The van der Waals surface area contributed by atoms with Crippen LogP contribution in [0.25, 0.3) is 11.3 Å². The average molecular weight is 243 g/mol. The predicted octanol–water partition coefficient (Wildman–Crippen LogP) is 2.15. The van der Waals surface area contributed by atoms with Crippen LogP contribution in [0.1, 0.15) is 25.3 Å². The van der Waals surface area contributed by atoms with Crippen molar-refractivity contribution >= 4 is 5.69 Å². The molecule has 0 atom stereocenters. The number of aromatic nitrogens is 2. The minimum Gasteiger partial charge on any atom is -0.397 e. The van der Waals surface area contributed by atoms with Gasteiger partial charge in [0.15, 0.2) is 0 Å². The molecule has 0 fully saturated rings. The minimum absolute atomic E-state index is 0.196. The topological polar surface area (TPSA) is 60.9 Å². The number of anilines is 1. The van der Waals surface area contributed by atoms with Crippen molar-refractivity contribution in [2.75, 3.05) is 5.73 Å². The Morgan fingerprint density at radius 1 is 1.28 bits per heavy atom. The summed E-state index contributed by atoms with van der Waals surface area (Å²) in [4.78, 5) is 11.5. The predicted molar refractivity (Wildman–Crippen MR) is 73.4 cm³/mol. The van der Waals surface area contributed by atoms with Gasteiger partial charge in [-0.3, -0.25) is 4.79 Å². The normalized spacial score (nSPS) is 10.9. The van der Waals surface area contributed by atoms with E-state index in [0.29, 0.717) is 17.3 Å². The highest BCUT2D eigenvalue weighted by atomic mass is 16.1. The van der Waals surface area contributed by atoms with Gasteiger partial charge in [0, 0.05) is 18.7 Å². The molecule has 0 spiro atoms. The molecular formula is C14H17N3O. The SMILES string of the molecule is CC(C)c1ccccc1-c1nn(C)c(=O)cc1N. The Kier molecular flexibility index (Phi) is 3.19. The largest absolute Gasteiger partial charge is 0.397 e. The van der Waals surface area contributed by atoms with Gasteiger partial charge in [0.05, 0.1) is 5.69 Å². The fourth-order valence-corrected chi connectivity index (χ4v) is 1.98. The molecule has 0 bridgehead atoms. The van der Waals surface area contributed by atoms with E-state index in [1.54, 1.807) is 7.05 Å². The van der Waals surface area contributed by atoms with Gasteiger partial charge >= 0.3 is 0 Å². The molecule has 0 aliphatic rings. The van der Waals surface area contributed by atoms with Crippen LogP contribution in [-0.2, 0) is 7.05 Å². The number of aryl methyl sites for hydroxylation is 1. The molecule has 1 aromatic heterocycles. The summed E-state index contributed by atoms with van der Waals surface area (Å²) in [5.41, 5.74) is 8.97. The molecule has 1 aromatic carbocycles. The molecule has 0 radical (unpaired) electrons. The minimum atomic E-state index is -0.196. The van der Waals surface area contributed by atoms with E-state index in [1.807, 2.05) is 18.2 Å². The number of hydrogen-bond acceptors (Lipinski definition) is 3. The van der Waals surface area contributed by atoms with Crippen LogP contribution in [0.5, 0.6) is 0 Å². The van der Waals surface area contributed by atoms with Crippen molar-refractivity contribution in [3.8, 4) is 11.3 Å². The third-order valence-electron chi connectivity index (χ3n) is 2.96. The maximum absolute atomic E-state index is 11.5. The molecular weight excluding hydrogens is 226 g/mol. The van der Waals surface area contributed by atoms with Crippen molar-refractivity contribution in [1.29, 1.82) is 0 Å². The van der Waals surface area contributed by atoms with Crippen molar-refractivity contribution in [2.24, 2.45) is 7.05 Å². The van der Waals surface area contributed by atoms with Gasteiger partial charge in [-0.15, -0.1) is 0 Å². The highest BCUT2D eigenvalue weighted by Crippen LogP contribution is 2.30. The summed E-state index contributed by atoms with van der Waals surface area (Å²) >= 11 is 0. The van der Waals surface area contributed by atoms with Crippen molar-refractivity contribution in [1.82, 2.24) is 9.78 Å². The third kappa shape index (κ3) is 2.14. The fourth-order valence-electron chi connectivity index (χ4n) is 1.98. The first-order valence-electron chi connectivity index (χ1n) is 5.94. The van der Waals surface area contributed by atoms with Crippen molar-refractivity contribution in [3.05, 3.63) is 46.2 Å². The molecule has 1 heterocycles. The lowest BCUT2D eigenvalue weighted by Gasteiger charge is -2.13. The smallest absolute Gasteiger partial charge is 0.268 e. The lowest BCUT2D eigenvalue weighted by molar-refractivity contribution is 0.712. The van der Waals surface area contributed by atoms with Gasteiger partial charge in [-0.1, -0.05) is 38.1 Å². The molecule has 0 saturated heterocycles. The Balaban J connectivity index is 2.69. The van der Waals surface area contributed by atoms with Gasteiger partial charge < -0.3 is 5.73 Å². The zero-order valence-electron chi connectivity index (χ0n) is 10.8. The zero-order chi connectivity index (χ0) is 13.3. The van der Waals surface area contributed by atoms with Gasteiger partial charge in [-0.2, -0.15) is 5.10 Å². The lowest BCUT2D eigenvalue weighted by Crippen LogP contribution is -2.20. The maximum Gasteiger partial charge on any atom is 0.268 e. The van der Waals surface area contributed by atoms with Gasteiger partial charge in [0.2, 0.25) is 0 Å². The molecule has 0 aliphatic heterocycles. The quantitative estimate of drug-likeness (QED) is 0.879. The van der Waals surface area contributed by atoms with E-state index in [-0.39, 0.29) is 5.56 Å². The molecule has 2 N–H and O–H groups in total. The molecule has 18 heavy (non-hydrogen) atoms.